The summed E-state index contributed by atoms with van der Waals surface area (Å²) in [6, 6.07) is 18.1. The molecule has 0 atom stereocenters. The number of nitrogens with zero attached hydrogens (tertiary/aromatic N) is 3. The SMILES string of the molecule is COC(=O)C(C#N)=C1C=C(C=Cc2ccc(N(C)C)cc2)OC(C=Cc2ccc(N(C)C)cc2)=C1. The zero-order chi connectivity index (χ0) is 25.4. The third kappa shape index (κ3) is 6.75. The topological polar surface area (TPSA) is 65.8 Å². The molecule has 0 N–H and O–H groups in total. The predicted octanol–water partition coefficient (Wildman–Crippen LogP) is 5.34. The Morgan fingerprint density at radius 3 is 1.57 bits per heavy atom. The first-order valence-corrected chi connectivity index (χ1v) is 11.1. The summed E-state index contributed by atoms with van der Waals surface area (Å²) in [6.45, 7) is 0. The number of hydrogen-bond acceptors (Lipinski definition) is 6. The van der Waals surface area contributed by atoms with E-state index in [2.05, 4.69) is 0 Å². The Hall–Kier alpha value is -4.50. The van der Waals surface area contributed by atoms with Crippen molar-refractivity contribution in [1.29, 1.82) is 5.26 Å². The molecule has 0 spiro atoms. The minimum absolute atomic E-state index is 0.0849. The first-order chi connectivity index (χ1) is 16.8. The van der Waals surface area contributed by atoms with Crippen molar-refractivity contribution >= 4 is 29.5 Å². The van der Waals surface area contributed by atoms with Crippen molar-refractivity contribution in [3.8, 4) is 6.07 Å². The third-order valence-corrected chi connectivity index (χ3v) is 5.32. The highest BCUT2D eigenvalue weighted by Crippen LogP contribution is 2.25. The summed E-state index contributed by atoms with van der Waals surface area (Å²) in [4.78, 5) is 16.2. The molecule has 0 saturated heterocycles. The first-order valence-electron chi connectivity index (χ1n) is 11.1. The van der Waals surface area contributed by atoms with Crippen LogP contribution < -0.4 is 9.80 Å². The van der Waals surface area contributed by atoms with Crippen molar-refractivity contribution in [2.24, 2.45) is 0 Å². The van der Waals surface area contributed by atoms with Crippen molar-refractivity contribution in [2.75, 3.05) is 45.1 Å². The van der Waals surface area contributed by atoms with Crippen LogP contribution in [0.5, 0.6) is 0 Å². The molecular weight excluding hydrogens is 438 g/mol. The second kappa shape index (κ2) is 11.6. The lowest BCUT2D eigenvalue weighted by molar-refractivity contribution is -0.135. The molecule has 0 fully saturated rings. The van der Waals surface area contributed by atoms with Crippen LogP contribution in [0.15, 0.2) is 95.5 Å². The lowest BCUT2D eigenvalue weighted by atomic mass is 10.0. The van der Waals surface area contributed by atoms with E-state index in [1.807, 2.05) is 117 Å². The normalized spacial score (nSPS) is 13.1. The molecule has 0 bridgehead atoms. The Morgan fingerprint density at radius 1 is 0.800 bits per heavy atom. The number of anilines is 2. The molecule has 6 nitrogen and oxygen atoms in total. The molecule has 2 aromatic rings. The highest BCUT2D eigenvalue weighted by atomic mass is 16.5. The second-order valence-electron chi connectivity index (χ2n) is 8.27. The monoisotopic (exact) mass is 467 g/mol. The van der Waals surface area contributed by atoms with E-state index >= 15 is 0 Å². The van der Waals surface area contributed by atoms with Gasteiger partial charge in [0.25, 0.3) is 0 Å². The van der Waals surface area contributed by atoms with Crippen LogP contribution in [-0.2, 0) is 14.3 Å². The van der Waals surface area contributed by atoms with E-state index in [-0.39, 0.29) is 5.57 Å². The minimum atomic E-state index is -0.692. The standard InChI is InChI=1S/C29H29N3O3/c1-31(2)24-12-6-21(7-13-24)10-16-26-18-23(28(20-30)29(33)34-5)19-27(35-26)17-11-22-8-14-25(15-9-22)32(3)4/h6-19H,1-5H3. The molecule has 0 radical (unpaired) electrons. The molecule has 6 heteroatoms. The molecular formula is C29H29N3O3. The van der Waals surface area contributed by atoms with Crippen LogP contribution in [0.25, 0.3) is 12.2 Å². The van der Waals surface area contributed by atoms with E-state index in [1.54, 1.807) is 12.2 Å². The van der Waals surface area contributed by atoms with Gasteiger partial charge < -0.3 is 19.3 Å². The average Bonchev–Trinajstić information content (AvgIpc) is 2.87. The number of allylic oxidation sites excluding steroid dienone is 5. The number of hydrogen-bond donors (Lipinski definition) is 0. The molecule has 0 unspecified atom stereocenters. The Morgan fingerprint density at radius 2 is 1.23 bits per heavy atom. The van der Waals surface area contributed by atoms with Crippen molar-refractivity contribution in [1.82, 2.24) is 0 Å². The number of rotatable bonds is 7. The number of carbonyl (C=O) groups excluding carboxylic acids is 1. The number of methoxy groups -OCH3 is 1. The maximum atomic E-state index is 12.1. The number of benzene rings is 2. The van der Waals surface area contributed by atoms with E-state index in [0.717, 1.165) is 22.5 Å². The molecule has 0 aromatic heterocycles. The Balaban J connectivity index is 1.90. The highest BCUT2D eigenvalue weighted by Gasteiger charge is 2.17. The van der Waals surface area contributed by atoms with Crippen LogP contribution in [-0.4, -0.2) is 41.3 Å². The van der Waals surface area contributed by atoms with Gasteiger partial charge in [0.1, 0.15) is 23.2 Å². The smallest absolute Gasteiger partial charge is 0.349 e. The van der Waals surface area contributed by atoms with Gasteiger partial charge in [-0.3, -0.25) is 0 Å². The lowest BCUT2D eigenvalue weighted by Crippen LogP contribution is -2.08. The van der Waals surface area contributed by atoms with Crippen LogP contribution >= 0.6 is 0 Å². The van der Waals surface area contributed by atoms with Crippen LogP contribution in [0.4, 0.5) is 11.4 Å². The molecule has 1 aliphatic rings. The molecule has 3 rings (SSSR count). The van der Waals surface area contributed by atoms with Crippen LogP contribution in [0.3, 0.4) is 0 Å². The van der Waals surface area contributed by atoms with E-state index in [0.29, 0.717) is 17.1 Å². The van der Waals surface area contributed by atoms with E-state index in [9.17, 15) is 10.1 Å². The second-order valence-corrected chi connectivity index (χ2v) is 8.27. The Bertz CT molecular complexity index is 1170. The number of carbonyl (C=O) groups is 1. The van der Waals surface area contributed by atoms with Gasteiger partial charge in [-0.05, 0) is 59.7 Å². The van der Waals surface area contributed by atoms with E-state index in [4.69, 9.17) is 9.47 Å². The van der Waals surface area contributed by atoms with Crippen LogP contribution in [0.2, 0.25) is 0 Å². The van der Waals surface area contributed by atoms with Crippen LogP contribution in [0.1, 0.15) is 11.1 Å². The summed E-state index contributed by atoms with van der Waals surface area (Å²) >= 11 is 0. The van der Waals surface area contributed by atoms with Gasteiger partial charge >= 0.3 is 5.97 Å². The molecule has 0 saturated carbocycles. The fourth-order valence-corrected chi connectivity index (χ4v) is 3.31. The van der Waals surface area contributed by atoms with Gasteiger partial charge in [0.2, 0.25) is 0 Å². The van der Waals surface area contributed by atoms with Gasteiger partial charge in [-0.1, -0.05) is 36.4 Å². The largest absolute Gasteiger partial charge is 0.465 e. The molecule has 1 heterocycles. The Kier molecular flexibility index (Phi) is 8.31. The number of ether oxygens (including phenoxy) is 2. The zero-order valence-electron chi connectivity index (χ0n) is 20.6. The van der Waals surface area contributed by atoms with Crippen LogP contribution in [0, 0.1) is 11.3 Å². The summed E-state index contributed by atoms with van der Waals surface area (Å²) in [7, 11) is 9.22. The summed E-state index contributed by atoms with van der Waals surface area (Å²) in [5.74, 6) is 0.305. The molecule has 2 aromatic carbocycles. The zero-order valence-corrected chi connectivity index (χ0v) is 20.6. The maximum Gasteiger partial charge on any atom is 0.349 e. The van der Waals surface area contributed by atoms with Gasteiger partial charge in [-0.25, -0.2) is 4.79 Å². The molecule has 1 aliphatic heterocycles. The molecule has 0 amide bonds. The van der Waals surface area contributed by atoms with Gasteiger partial charge in [0, 0.05) is 45.1 Å². The maximum absolute atomic E-state index is 12.1. The third-order valence-electron chi connectivity index (χ3n) is 5.32. The van der Waals surface area contributed by atoms with Gasteiger partial charge in [-0.2, -0.15) is 5.26 Å². The summed E-state index contributed by atoms with van der Waals surface area (Å²) in [5, 5.41) is 9.56. The van der Waals surface area contributed by atoms with E-state index in [1.165, 1.54) is 7.11 Å². The highest BCUT2D eigenvalue weighted by molar-refractivity contribution is 5.95. The summed E-state index contributed by atoms with van der Waals surface area (Å²) < 4.78 is 10.8. The minimum Gasteiger partial charge on any atom is -0.465 e. The Labute approximate surface area is 207 Å². The predicted molar refractivity (Wildman–Crippen MR) is 142 cm³/mol. The fraction of sp³-hybridized carbons (Fsp3) is 0.172. The van der Waals surface area contributed by atoms with Gasteiger partial charge in [-0.15, -0.1) is 0 Å². The molecule has 178 valence electrons. The molecule has 35 heavy (non-hydrogen) atoms. The summed E-state index contributed by atoms with van der Waals surface area (Å²) in [6.07, 6.45) is 10.8. The number of esters is 1. The van der Waals surface area contributed by atoms with Crippen molar-refractivity contribution in [3.05, 3.63) is 107 Å². The first kappa shape index (κ1) is 25.1. The van der Waals surface area contributed by atoms with Gasteiger partial charge in [0.15, 0.2) is 0 Å². The fourth-order valence-electron chi connectivity index (χ4n) is 3.31. The van der Waals surface area contributed by atoms with Gasteiger partial charge in [0.05, 0.1) is 7.11 Å². The van der Waals surface area contributed by atoms with Crippen molar-refractivity contribution in [2.45, 2.75) is 0 Å². The average molecular weight is 468 g/mol. The van der Waals surface area contributed by atoms with Crippen molar-refractivity contribution < 1.29 is 14.3 Å². The summed E-state index contributed by atoms with van der Waals surface area (Å²) in [5.41, 5.74) is 4.53. The van der Waals surface area contributed by atoms with E-state index < -0.39 is 5.97 Å². The van der Waals surface area contributed by atoms with Crippen molar-refractivity contribution in [3.63, 3.8) is 0 Å². The lowest BCUT2D eigenvalue weighted by Gasteiger charge is -2.15. The number of nitriles is 1. The quantitative estimate of drug-likeness (QED) is 0.311. The molecule has 0 aliphatic carbocycles.